The Kier molecular flexibility index (Phi) is 5.88. The molecule has 7 rings (SSSR count). The molecule has 3 aromatic heterocycles. The van der Waals surface area contributed by atoms with Crippen molar-refractivity contribution in [2.45, 2.75) is 38.0 Å². The number of nitrogens with zero attached hydrogens (tertiary/aromatic N) is 4. The number of allylic oxidation sites excluding steroid dienone is 2. The van der Waals surface area contributed by atoms with Crippen LogP contribution in [0.1, 0.15) is 59.7 Å². The van der Waals surface area contributed by atoms with Crippen molar-refractivity contribution in [2.75, 3.05) is 25.1 Å². The minimum absolute atomic E-state index is 0.110. The third-order valence-electron chi connectivity index (χ3n) is 8.05. The van der Waals surface area contributed by atoms with Gasteiger partial charge in [0.15, 0.2) is 5.13 Å². The Morgan fingerprint density at radius 2 is 1.90 bits per heavy atom. The lowest BCUT2D eigenvalue weighted by atomic mass is 9.63. The van der Waals surface area contributed by atoms with Gasteiger partial charge in [-0.05, 0) is 55.2 Å². The predicted molar refractivity (Wildman–Crippen MR) is 151 cm³/mol. The number of aromatic nitrogens is 3. The Bertz CT molecular complexity index is 1650. The Labute approximate surface area is 238 Å². The van der Waals surface area contributed by atoms with Gasteiger partial charge in [-0.15, -0.1) is 0 Å². The molecular formula is C28H24Cl2N4O4S. The summed E-state index contributed by atoms with van der Waals surface area (Å²) in [5, 5.41) is 15.9. The lowest BCUT2D eigenvalue weighted by Crippen LogP contribution is -2.42. The molecule has 1 aliphatic heterocycles. The topological polar surface area (TPSA) is 102 Å². The standard InChI is InChI=1S/C28H24Cl2N4O4S/c1-37-16-8-17(26(35)36)23-20(9-16)39-27(32-23)34-6-4-28(5-7-34)10-15(11-28)21-24(33-38-25(21)14-2-3-14)22-18(29)12-31-13-19(22)30/h8-10,12-14H,2-7,11H2,1H3,(H,35,36). The van der Waals surface area contributed by atoms with E-state index >= 15 is 0 Å². The third-order valence-corrected chi connectivity index (χ3v) is 9.69. The predicted octanol–water partition coefficient (Wildman–Crippen LogP) is 7.31. The van der Waals surface area contributed by atoms with E-state index in [-0.39, 0.29) is 11.0 Å². The van der Waals surface area contributed by atoms with Crippen molar-refractivity contribution in [3.05, 3.63) is 57.5 Å². The number of aromatic carboxylic acids is 1. The van der Waals surface area contributed by atoms with Crippen LogP contribution in [0.5, 0.6) is 5.75 Å². The summed E-state index contributed by atoms with van der Waals surface area (Å²) in [6, 6.07) is 3.38. The fraction of sp³-hybridized carbons (Fsp3) is 0.357. The van der Waals surface area contributed by atoms with Crippen LogP contribution in [0.25, 0.3) is 27.0 Å². The molecule has 2 aliphatic carbocycles. The normalized spacial score (nSPS) is 18.3. The van der Waals surface area contributed by atoms with Crippen LogP contribution in [0.4, 0.5) is 5.13 Å². The van der Waals surface area contributed by atoms with Crippen LogP contribution in [-0.4, -0.2) is 46.4 Å². The summed E-state index contributed by atoms with van der Waals surface area (Å²) >= 11 is 14.5. The number of halogens is 2. The fourth-order valence-electron chi connectivity index (χ4n) is 5.80. The number of carbonyl (C=O) groups is 1. The molecule has 0 unspecified atom stereocenters. The van der Waals surface area contributed by atoms with Crippen LogP contribution in [0.2, 0.25) is 10.0 Å². The number of hydrogen-bond donors (Lipinski definition) is 1. The van der Waals surface area contributed by atoms with E-state index in [0.717, 1.165) is 66.3 Å². The van der Waals surface area contributed by atoms with Crippen molar-refractivity contribution in [2.24, 2.45) is 5.41 Å². The summed E-state index contributed by atoms with van der Waals surface area (Å²) in [6.07, 6.45) is 10.7. The Morgan fingerprint density at radius 3 is 2.54 bits per heavy atom. The monoisotopic (exact) mass is 582 g/mol. The molecule has 1 spiro atoms. The minimum Gasteiger partial charge on any atom is -0.497 e. The van der Waals surface area contributed by atoms with Crippen LogP contribution in [0, 0.1) is 5.41 Å². The quantitative estimate of drug-likeness (QED) is 0.252. The Hall–Kier alpha value is -3.14. The highest BCUT2D eigenvalue weighted by Gasteiger charge is 2.44. The number of methoxy groups -OCH3 is 1. The van der Waals surface area contributed by atoms with Gasteiger partial charge in [-0.3, -0.25) is 4.98 Å². The first kappa shape index (κ1) is 24.9. The molecule has 8 nitrogen and oxygen atoms in total. The van der Waals surface area contributed by atoms with Gasteiger partial charge in [0.25, 0.3) is 0 Å². The number of anilines is 1. The minimum atomic E-state index is -1.01. The Morgan fingerprint density at radius 1 is 1.18 bits per heavy atom. The van der Waals surface area contributed by atoms with Gasteiger partial charge in [0.1, 0.15) is 17.2 Å². The largest absolute Gasteiger partial charge is 0.497 e. The van der Waals surface area contributed by atoms with Gasteiger partial charge in [-0.25, -0.2) is 9.78 Å². The molecule has 0 atom stereocenters. The second kappa shape index (κ2) is 9.21. The zero-order valence-corrected chi connectivity index (χ0v) is 23.4. The van der Waals surface area contributed by atoms with Crippen LogP contribution in [0.3, 0.4) is 0 Å². The smallest absolute Gasteiger partial charge is 0.338 e. The van der Waals surface area contributed by atoms with Crippen molar-refractivity contribution >= 4 is 61.4 Å². The molecule has 1 aromatic carbocycles. The maximum Gasteiger partial charge on any atom is 0.338 e. The molecule has 3 aliphatic rings. The van der Waals surface area contributed by atoms with Crippen LogP contribution >= 0.6 is 34.5 Å². The number of pyridine rings is 1. The first-order valence-corrected chi connectivity index (χ1v) is 14.4. The molecule has 4 heterocycles. The number of thiazole rings is 1. The van der Waals surface area contributed by atoms with Gasteiger partial charge in [0, 0.05) is 42.5 Å². The molecular weight excluding hydrogens is 559 g/mol. The van der Waals surface area contributed by atoms with Gasteiger partial charge in [-0.2, -0.15) is 0 Å². The molecule has 4 aromatic rings. The molecule has 11 heteroatoms. The van der Waals surface area contributed by atoms with Crippen LogP contribution < -0.4 is 9.64 Å². The van der Waals surface area contributed by atoms with Crippen LogP contribution in [0.15, 0.2) is 35.1 Å². The zero-order valence-electron chi connectivity index (χ0n) is 21.0. The molecule has 0 amide bonds. The van der Waals surface area contributed by atoms with Crippen LogP contribution in [-0.2, 0) is 0 Å². The maximum absolute atomic E-state index is 11.8. The van der Waals surface area contributed by atoms with Crippen molar-refractivity contribution in [1.82, 2.24) is 15.1 Å². The van der Waals surface area contributed by atoms with Crippen molar-refractivity contribution in [3.8, 4) is 17.0 Å². The Balaban J connectivity index is 1.15. The van der Waals surface area contributed by atoms with E-state index in [1.54, 1.807) is 12.4 Å². The number of fused-ring (bicyclic) bond motifs is 1. The van der Waals surface area contributed by atoms with Gasteiger partial charge in [0.05, 0.1) is 32.9 Å². The first-order chi connectivity index (χ1) is 18.9. The van der Waals surface area contributed by atoms with Gasteiger partial charge >= 0.3 is 5.97 Å². The highest BCUT2D eigenvalue weighted by Crippen LogP contribution is 2.56. The molecule has 39 heavy (non-hydrogen) atoms. The van der Waals surface area contributed by atoms with E-state index in [2.05, 4.69) is 21.1 Å². The lowest BCUT2D eigenvalue weighted by molar-refractivity contribution is 0.0698. The molecule has 0 radical (unpaired) electrons. The fourth-order valence-corrected chi connectivity index (χ4v) is 7.42. The second-order valence-electron chi connectivity index (χ2n) is 10.5. The van der Waals surface area contributed by atoms with E-state index in [9.17, 15) is 9.90 Å². The van der Waals surface area contributed by atoms with Crippen molar-refractivity contribution in [1.29, 1.82) is 0 Å². The molecule has 0 bridgehead atoms. The number of carboxylic acids is 1. The average molecular weight is 583 g/mol. The molecule has 1 saturated heterocycles. The number of piperidine rings is 1. The summed E-state index contributed by atoms with van der Waals surface area (Å²) in [6.45, 7) is 1.69. The van der Waals surface area contributed by atoms with Gasteiger partial charge < -0.3 is 19.3 Å². The molecule has 1 saturated carbocycles. The van der Waals surface area contributed by atoms with Crippen molar-refractivity contribution in [3.63, 3.8) is 0 Å². The maximum atomic E-state index is 11.8. The summed E-state index contributed by atoms with van der Waals surface area (Å²) in [7, 11) is 1.54. The van der Waals surface area contributed by atoms with E-state index in [0.29, 0.717) is 38.5 Å². The van der Waals surface area contributed by atoms with E-state index < -0.39 is 5.97 Å². The molecule has 200 valence electrons. The lowest BCUT2D eigenvalue weighted by Gasteiger charge is -2.46. The number of carboxylic acid groups (broad SMARTS) is 1. The average Bonchev–Trinajstić information content (AvgIpc) is 3.52. The summed E-state index contributed by atoms with van der Waals surface area (Å²) in [5.41, 5.74) is 4.44. The summed E-state index contributed by atoms with van der Waals surface area (Å²) in [4.78, 5) is 22.9. The third kappa shape index (κ3) is 4.18. The second-order valence-corrected chi connectivity index (χ2v) is 12.4. The highest BCUT2D eigenvalue weighted by molar-refractivity contribution is 7.22. The number of ether oxygens (including phenoxy) is 1. The molecule has 2 fully saturated rings. The summed E-state index contributed by atoms with van der Waals surface area (Å²) in [5.74, 6) is 0.848. The molecule has 1 N–H and O–H groups in total. The van der Waals surface area contributed by atoms with Gasteiger partial charge in [-0.1, -0.05) is 45.8 Å². The number of benzene rings is 1. The van der Waals surface area contributed by atoms with E-state index in [4.69, 9.17) is 37.4 Å². The van der Waals surface area contributed by atoms with E-state index in [1.165, 1.54) is 30.1 Å². The first-order valence-electron chi connectivity index (χ1n) is 12.8. The summed E-state index contributed by atoms with van der Waals surface area (Å²) < 4.78 is 12.0. The van der Waals surface area contributed by atoms with Crippen molar-refractivity contribution < 1.29 is 19.2 Å². The van der Waals surface area contributed by atoms with Gasteiger partial charge in [0.2, 0.25) is 0 Å². The number of rotatable bonds is 6. The zero-order chi connectivity index (χ0) is 26.9. The van der Waals surface area contributed by atoms with E-state index in [1.807, 2.05) is 6.07 Å². The number of hydrogen-bond acceptors (Lipinski definition) is 8. The highest BCUT2D eigenvalue weighted by atomic mass is 35.5. The SMILES string of the molecule is COc1cc(C(=O)O)c2nc(N3CCC4(C=C(c5c(-c6c(Cl)cncc6Cl)noc5C5CC5)C4)CC3)sc2c1.